The number of hydrogen-bond acceptors (Lipinski definition) is 3. The van der Waals surface area contributed by atoms with Gasteiger partial charge >= 0.3 is 12.1 Å². The molecule has 11 heteroatoms. The molecule has 2 aromatic carbocycles. The molecule has 0 saturated heterocycles. The van der Waals surface area contributed by atoms with Crippen LogP contribution in [0.3, 0.4) is 0 Å². The maximum absolute atomic E-state index is 13.7. The molecule has 0 bridgehead atoms. The van der Waals surface area contributed by atoms with Crippen molar-refractivity contribution in [3.8, 4) is 5.75 Å². The van der Waals surface area contributed by atoms with E-state index in [0.717, 1.165) is 5.56 Å². The lowest BCUT2D eigenvalue weighted by Crippen LogP contribution is -2.49. The van der Waals surface area contributed by atoms with E-state index in [1.165, 1.54) is 6.07 Å². The molecule has 0 aromatic heterocycles. The van der Waals surface area contributed by atoms with Crippen LogP contribution in [0.1, 0.15) is 30.5 Å². The van der Waals surface area contributed by atoms with Gasteiger partial charge < -0.3 is 20.7 Å². The lowest BCUT2D eigenvalue weighted by Gasteiger charge is -2.39. The first-order valence-corrected chi connectivity index (χ1v) is 11.9. The van der Waals surface area contributed by atoms with E-state index in [9.17, 15) is 18.4 Å². The molecule has 4 amide bonds. The topological polar surface area (TPSA) is 82.7 Å². The van der Waals surface area contributed by atoms with Crippen LogP contribution in [-0.4, -0.2) is 35.1 Å². The molecule has 4 rings (SSSR count). The van der Waals surface area contributed by atoms with Crippen molar-refractivity contribution in [1.29, 1.82) is 0 Å². The van der Waals surface area contributed by atoms with Gasteiger partial charge in [0.1, 0.15) is 19.1 Å². The van der Waals surface area contributed by atoms with E-state index in [0.29, 0.717) is 22.0 Å². The van der Waals surface area contributed by atoms with E-state index in [4.69, 9.17) is 16.3 Å². The molecule has 2 aromatic rings. The second-order valence-corrected chi connectivity index (χ2v) is 10.2. The number of nitrogens with zero attached hydrogens (tertiary/aromatic N) is 1. The van der Waals surface area contributed by atoms with Crippen molar-refractivity contribution >= 4 is 57.6 Å². The van der Waals surface area contributed by atoms with Crippen LogP contribution in [0, 0.1) is 0 Å². The first-order chi connectivity index (χ1) is 15.8. The van der Waals surface area contributed by atoms with E-state index >= 15 is 0 Å². The quantitative estimate of drug-likeness (QED) is 0.245. The monoisotopic (exact) mass is 590 g/mol. The van der Waals surface area contributed by atoms with Gasteiger partial charge in [-0.05, 0) is 31.2 Å². The Morgan fingerprint density at radius 3 is 2.82 bits per heavy atom. The number of fused-ring (bicyclic) bond motifs is 2. The fourth-order valence-corrected chi connectivity index (χ4v) is 4.82. The predicted octanol–water partition coefficient (Wildman–Crippen LogP) is 5.47. The van der Waals surface area contributed by atoms with E-state index in [1.807, 2.05) is 13.0 Å². The molecule has 0 aliphatic carbocycles. The molecule has 0 radical (unpaired) electrons. The Labute approximate surface area is 208 Å². The average Bonchev–Trinajstić information content (AvgIpc) is 2.78. The van der Waals surface area contributed by atoms with Crippen molar-refractivity contribution in [3.05, 3.63) is 52.5 Å². The molecule has 2 heterocycles. The van der Waals surface area contributed by atoms with Gasteiger partial charge in [0.25, 0.3) is 0 Å². The number of carbonyl (C=O) groups is 2. The summed E-state index contributed by atoms with van der Waals surface area (Å²) < 4.78 is 33.0. The molecule has 0 spiro atoms. The van der Waals surface area contributed by atoms with Crippen LogP contribution in [0.25, 0.3) is 0 Å². The van der Waals surface area contributed by atoms with Gasteiger partial charge in [0, 0.05) is 34.8 Å². The third-order valence-electron chi connectivity index (χ3n) is 5.70. The fraction of sp³-hybridized carbons (Fsp3) is 0.364. The highest BCUT2D eigenvalue weighted by molar-refractivity contribution is 14.1. The van der Waals surface area contributed by atoms with Gasteiger partial charge in [-0.2, -0.15) is 0 Å². The molecule has 3 N–H and O–H groups in total. The highest BCUT2D eigenvalue weighted by Gasteiger charge is 2.42. The summed E-state index contributed by atoms with van der Waals surface area (Å²) in [6.45, 7) is 0.0473. The number of anilines is 2. The summed E-state index contributed by atoms with van der Waals surface area (Å²) in [6.07, 6.45) is -0.0782. The second kappa shape index (κ2) is 9.49. The van der Waals surface area contributed by atoms with Crippen molar-refractivity contribution in [2.45, 2.75) is 35.6 Å². The zero-order chi connectivity index (χ0) is 23.8. The molecule has 0 fully saturated rings. The van der Waals surface area contributed by atoms with Gasteiger partial charge in [-0.1, -0.05) is 46.3 Å². The van der Waals surface area contributed by atoms with Crippen molar-refractivity contribution in [2.24, 2.45) is 0 Å². The molecular weight excluding hydrogens is 569 g/mol. The lowest BCUT2D eigenvalue weighted by atomic mass is 9.88. The second-order valence-electron chi connectivity index (χ2n) is 8.00. The number of benzene rings is 2. The summed E-state index contributed by atoms with van der Waals surface area (Å²) in [4.78, 5) is 26.8. The summed E-state index contributed by atoms with van der Waals surface area (Å²) in [5.74, 6) is 0.237. The first-order valence-electron chi connectivity index (χ1n) is 10.3. The Morgan fingerprint density at radius 1 is 1.36 bits per heavy atom. The number of urea groups is 2. The zero-order valence-corrected chi connectivity index (χ0v) is 20.5. The lowest BCUT2D eigenvalue weighted by molar-refractivity contribution is -0.0104. The molecule has 176 valence electrons. The third kappa shape index (κ3) is 4.68. The minimum absolute atomic E-state index is 0.0782. The molecular formula is C22H22ClF2IN4O3. The Bertz CT molecular complexity index is 1080. The fourth-order valence-electron chi connectivity index (χ4n) is 4.10. The normalized spacial score (nSPS) is 19.5. The van der Waals surface area contributed by atoms with Crippen LogP contribution in [0.15, 0.2) is 36.4 Å². The van der Waals surface area contributed by atoms with Crippen molar-refractivity contribution in [2.75, 3.05) is 23.6 Å². The molecule has 33 heavy (non-hydrogen) atoms. The van der Waals surface area contributed by atoms with Crippen LogP contribution in [0.2, 0.25) is 5.02 Å². The minimum Gasteiger partial charge on any atom is -0.481 e. The van der Waals surface area contributed by atoms with Gasteiger partial charge in [-0.15, -0.1) is 0 Å². The van der Waals surface area contributed by atoms with Gasteiger partial charge in [-0.25, -0.2) is 18.4 Å². The zero-order valence-electron chi connectivity index (χ0n) is 17.6. The van der Waals surface area contributed by atoms with Crippen LogP contribution in [-0.2, 0) is 6.54 Å². The molecule has 2 aliphatic rings. The number of amides is 4. The van der Waals surface area contributed by atoms with E-state index in [-0.39, 0.29) is 28.8 Å². The highest BCUT2D eigenvalue weighted by atomic mass is 127. The van der Waals surface area contributed by atoms with E-state index in [2.05, 4.69) is 38.5 Å². The average molecular weight is 591 g/mol. The van der Waals surface area contributed by atoms with Gasteiger partial charge in [0.15, 0.2) is 5.60 Å². The Hall–Kier alpha value is -2.34. The minimum atomic E-state index is -1.69. The van der Waals surface area contributed by atoms with Crippen molar-refractivity contribution < 1.29 is 23.1 Å². The summed E-state index contributed by atoms with van der Waals surface area (Å²) in [7, 11) is 0. The Kier molecular flexibility index (Phi) is 6.85. The summed E-state index contributed by atoms with van der Waals surface area (Å²) in [6, 6.07) is 8.64. The SMILES string of the molecule is CC(I)N1C(=O)NCc2c(NC(=O)N[C@@H]3CC(CF)(CF)Oc4cc(Cl)ccc43)cccc21. The number of halogens is 4. The Morgan fingerprint density at radius 2 is 2.12 bits per heavy atom. The smallest absolute Gasteiger partial charge is 0.323 e. The maximum Gasteiger partial charge on any atom is 0.323 e. The van der Waals surface area contributed by atoms with Crippen LogP contribution in [0.5, 0.6) is 5.75 Å². The van der Waals surface area contributed by atoms with E-state index in [1.54, 1.807) is 29.2 Å². The number of nitrogens with one attached hydrogen (secondary N) is 3. The summed E-state index contributed by atoms with van der Waals surface area (Å²) in [5, 5.41) is 8.79. The van der Waals surface area contributed by atoms with Crippen LogP contribution >= 0.6 is 34.2 Å². The number of alkyl halides is 3. The molecule has 2 aliphatic heterocycles. The first kappa shape index (κ1) is 23.8. The largest absolute Gasteiger partial charge is 0.481 e. The summed E-state index contributed by atoms with van der Waals surface area (Å²) in [5.41, 5.74) is 0.884. The molecule has 7 nitrogen and oxygen atoms in total. The molecule has 2 atom stereocenters. The van der Waals surface area contributed by atoms with Crippen LogP contribution in [0.4, 0.5) is 29.7 Å². The predicted molar refractivity (Wildman–Crippen MR) is 131 cm³/mol. The standard InChI is InChI=1S/C22H22ClF2IN4O3/c1-12(26)30-18-4-2-3-16(15(18)9-27-21(30)32)28-20(31)29-17-8-22(10-24,11-25)33-19-7-13(23)5-6-14(17)19/h2-7,12,17H,8-11H2,1H3,(H,27,32)(H2,28,29,31)/t12?,17-/m1/s1. The number of hydrogen-bond donors (Lipinski definition) is 3. The van der Waals surface area contributed by atoms with E-state index < -0.39 is 31.0 Å². The van der Waals surface area contributed by atoms with Crippen LogP contribution < -0.4 is 25.6 Å². The summed E-state index contributed by atoms with van der Waals surface area (Å²) >= 11 is 8.17. The highest BCUT2D eigenvalue weighted by Crippen LogP contribution is 2.42. The number of ether oxygens (including phenoxy) is 1. The van der Waals surface area contributed by atoms with Gasteiger partial charge in [0.2, 0.25) is 0 Å². The molecule has 1 unspecified atom stereocenters. The van der Waals surface area contributed by atoms with Crippen molar-refractivity contribution in [3.63, 3.8) is 0 Å². The number of rotatable bonds is 5. The third-order valence-corrected chi connectivity index (χ3v) is 6.49. The number of carbonyl (C=O) groups excluding carboxylic acids is 2. The molecule has 0 saturated carbocycles. The van der Waals surface area contributed by atoms with Gasteiger partial charge in [-0.3, -0.25) is 4.90 Å². The van der Waals surface area contributed by atoms with Gasteiger partial charge in [0.05, 0.1) is 15.8 Å². The van der Waals surface area contributed by atoms with Crippen molar-refractivity contribution in [1.82, 2.24) is 10.6 Å². The Balaban J connectivity index is 1.58. The maximum atomic E-state index is 13.7.